The van der Waals surface area contributed by atoms with Crippen molar-refractivity contribution >= 4 is 11.3 Å². The van der Waals surface area contributed by atoms with Crippen molar-refractivity contribution < 1.29 is 14.2 Å². The second-order valence-corrected chi connectivity index (χ2v) is 9.18. The van der Waals surface area contributed by atoms with Crippen molar-refractivity contribution in [2.75, 3.05) is 33.4 Å². The minimum absolute atomic E-state index is 0.144. The number of thiazole rings is 1. The summed E-state index contributed by atoms with van der Waals surface area (Å²) >= 11 is 1.88. The normalized spacial score (nSPS) is 20.6. The van der Waals surface area contributed by atoms with Gasteiger partial charge >= 0.3 is 0 Å². The summed E-state index contributed by atoms with van der Waals surface area (Å²) in [5.74, 6) is 0.303. The third kappa shape index (κ3) is 4.97. The first-order valence-corrected chi connectivity index (χ1v) is 11.3. The van der Waals surface area contributed by atoms with Gasteiger partial charge < -0.3 is 9.84 Å². The SMILES string of the molecule is COc1ccc(CN2CCN(Cc3nc4c(s3)CCCC4)C[C@@H]2CCO)c(F)c1. The van der Waals surface area contributed by atoms with Crippen LogP contribution in [0.2, 0.25) is 0 Å². The Kier molecular flexibility index (Phi) is 6.80. The zero-order valence-corrected chi connectivity index (χ0v) is 17.9. The molecule has 2 aromatic rings. The second kappa shape index (κ2) is 9.51. The van der Waals surface area contributed by atoms with Crippen LogP contribution >= 0.6 is 11.3 Å². The Morgan fingerprint density at radius 1 is 1.24 bits per heavy atom. The molecule has 0 saturated carbocycles. The van der Waals surface area contributed by atoms with Gasteiger partial charge in [0.05, 0.1) is 19.3 Å². The molecule has 5 nitrogen and oxygen atoms in total. The van der Waals surface area contributed by atoms with Crippen molar-refractivity contribution in [3.05, 3.63) is 45.2 Å². The van der Waals surface area contributed by atoms with E-state index in [4.69, 9.17) is 9.72 Å². The number of halogens is 1. The number of piperazine rings is 1. The molecule has 29 heavy (non-hydrogen) atoms. The lowest BCUT2D eigenvalue weighted by atomic mass is 10.0. The fraction of sp³-hybridized carbons (Fsp3) is 0.591. The topological polar surface area (TPSA) is 48.8 Å². The van der Waals surface area contributed by atoms with Gasteiger partial charge in [-0.1, -0.05) is 6.07 Å². The molecule has 2 aliphatic rings. The Balaban J connectivity index is 1.40. The maximum absolute atomic E-state index is 14.4. The highest BCUT2D eigenvalue weighted by molar-refractivity contribution is 7.11. The Bertz CT molecular complexity index is 805. The number of hydrogen-bond donors (Lipinski definition) is 1. The predicted molar refractivity (Wildman–Crippen MR) is 113 cm³/mol. The first-order chi connectivity index (χ1) is 14.2. The van der Waals surface area contributed by atoms with Gasteiger partial charge in [-0.15, -0.1) is 11.3 Å². The van der Waals surface area contributed by atoms with Crippen LogP contribution < -0.4 is 4.74 Å². The van der Waals surface area contributed by atoms with Crippen LogP contribution in [0.3, 0.4) is 0 Å². The molecule has 0 spiro atoms. The number of nitrogens with zero attached hydrogens (tertiary/aromatic N) is 3. The summed E-state index contributed by atoms with van der Waals surface area (Å²) in [6.45, 7) is 4.25. The summed E-state index contributed by atoms with van der Waals surface area (Å²) in [7, 11) is 1.55. The minimum atomic E-state index is -0.233. The van der Waals surface area contributed by atoms with Crippen LogP contribution in [0.25, 0.3) is 0 Å². The molecule has 2 heterocycles. The lowest BCUT2D eigenvalue weighted by Gasteiger charge is -2.41. The predicted octanol–water partition coefficient (Wildman–Crippen LogP) is 3.24. The molecule has 1 atom stereocenters. The molecule has 4 rings (SSSR count). The molecule has 0 amide bonds. The summed E-state index contributed by atoms with van der Waals surface area (Å²) in [5.41, 5.74) is 1.99. The fourth-order valence-corrected chi connectivity index (χ4v) is 5.60. The summed E-state index contributed by atoms with van der Waals surface area (Å²) in [6, 6.07) is 5.26. The highest BCUT2D eigenvalue weighted by Gasteiger charge is 2.28. The van der Waals surface area contributed by atoms with E-state index >= 15 is 0 Å². The van der Waals surface area contributed by atoms with E-state index in [0.29, 0.717) is 24.3 Å². The molecule has 1 aliphatic carbocycles. The first-order valence-electron chi connectivity index (χ1n) is 10.5. The van der Waals surface area contributed by atoms with E-state index < -0.39 is 0 Å². The molecule has 1 saturated heterocycles. The minimum Gasteiger partial charge on any atom is -0.497 e. The number of benzene rings is 1. The van der Waals surface area contributed by atoms with Gasteiger partial charge in [0, 0.05) is 55.3 Å². The van der Waals surface area contributed by atoms with Crippen molar-refractivity contribution in [2.45, 2.75) is 51.2 Å². The summed E-state index contributed by atoms with van der Waals surface area (Å²) in [5, 5.41) is 10.8. The number of hydrogen-bond acceptors (Lipinski definition) is 6. The number of aryl methyl sites for hydroxylation is 2. The van der Waals surface area contributed by atoms with Gasteiger partial charge in [0.1, 0.15) is 16.6 Å². The number of aliphatic hydroxyl groups is 1. The monoisotopic (exact) mass is 419 g/mol. The van der Waals surface area contributed by atoms with Crippen molar-refractivity contribution in [3.8, 4) is 5.75 Å². The van der Waals surface area contributed by atoms with Crippen LogP contribution in [0.5, 0.6) is 5.75 Å². The largest absolute Gasteiger partial charge is 0.497 e. The molecule has 7 heteroatoms. The van der Waals surface area contributed by atoms with Gasteiger partial charge in [0.25, 0.3) is 0 Å². The average Bonchev–Trinajstić information content (AvgIpc) is 3.13. The van der Waals surface area contributed by atoms with Gasteiger partial charge in [0.2, 0.25) is 0 Å². The van der Waals surface area contributed by atoms with Gasteiger partial charge in [-0.3, -0.25) is 9.80 Å². The molecule has 0 radical (unpaired) electrons. The third-order valence-corrected chi connectivity index (χ3v) is 7.18. The maximum atomic E-state index is 14.4. The first kappa shape index (κ1) is 20.7. The number of methoxy groups -OCH3 is 1. The van der Waals surface area contributed by atoms with E-state index in [0.717, 1.165) is 32.6 Å². The molecule has 1 aromatic heterocycles. The third-order valence-electron chi connectivity index (χ3n) is 6.03. The Labute approximate surface area is 176 Å². The number of ether oxygens (including phenoxy) is 1. The van der Waals surface area contributed by atoms with E-state index in [1.807, 2.05) is 11.3 Å². The summed E-state index contributed by atoms with van der Waals surface area (Å²) in [4.78, 5) is 11.1. The van der Waals surface area contributed by atoms with Crippen LogP contribution in [-0.4, -0.2) is 59.3 Å². The second-order valence-electron chi connectivity index (χ2n) is 8.01. The summed E-state index contributed by atoms with van der Waals surface area (Å²) in [6.07, 6.45) is 5.55. The summed E-state index contributed by atoms with van der Waals surface area (Å²) < 4.78 is 19.5. The lowest BCUT2D eigenvalue weighted by Crippen LogP contribution is -2.52. The molecule has 1 aliphatic heterocycles. The molecule has 0 bridgehead atoms. The zero-order valence-electron chi connectivity index (χ0n) is 17.1. The van der Waals surface area contributed by atoms with Crippen molar-refractivity contribution in [1.82, 2.24) is 14.8 Å². The standard InChI is InChI=1S/C22H30FN3O2S/c1-28-18-7-6-16(19(23)12-18)13-26-10-9-25(14-17(26)8-11-27)15-22-24-20-4-2-3-5-21(20)29-22/h6-7,12,17,27H,2-5,8-11,13-15H2,1H3/t17-/m0/s1. The molecule has 1 N–H and O–H groups in total. The van der Waals surface area contributed by atoms with E-state index in [1.165, 1.54) is 40.9 Å². The van der Waals surface area contributed by atoms with E-state index in [1.54, 1.807) is 19.2 Å². The van der Waals surface area contributed by atoms with Crippen molar-refractivity contribution in [3.63, 3.8) is 0 Å². The number of rotatable bonds is 7. The van der Waals surface area contributed by atoms with Crippen molar-refractivity contribution in [2.24, 2.45) is 0 Å². The fourth-order valence-electron chi connectivity index (χ4n) is 4.40. The Hall–Kier alpha value is -1.54. The quantitative estimate of drug-likeness (QED) is 0.747. The molecular formula is C22H30FN3O2S. The van der Waals surface area contributed by atoms with Gasteiger partial charge in [0.15, 0.2) is 0 Å². The molecule has 1 aromatic carbocycles. The Morgan fingerprint density at radius 3 is 2.86 bits per heavy atom. The number of aromatic nitrogens is 1. The van der Waals surface area contributed by atoms with E-state index in [-0.39, 0.29) is 18.5 Å². The highest BCUT2D eigenvalue weighted by Crippen LogP contribution is 2.28. The smallest absolute Gasteiger partial charge is 0.131 e. The lowest BCUT2D eigenvalue weighted by molar-refractivity contribution is 0.0492. The van der Waals surface area contributed by atoms with E-state index in [9.17, 15) is 9.50 Å². The van der Waals surface area contributed by atoms with Gasteiger partial charge in [-0.25, -0.2) is 9.37 Å². The molecule has 158 valence electrons. The van der Waals surface area contributed by atoms with Gasteiger partial charge in [-0.05, 0) is 38.2 Å². The molecule has 1 fully saturated rings. The van der Waals surface area contributed by atoms with Gasteiger partial charge in [-0.2, -0.15) is 0 Å². The Morgan fingerprint density at radius 2 is 2.10 bits per heavy atom. The number of aliphatic hydroxyl groups excluding tert-OH is 1. The molecule has 0 unspecified atom stereocenters. The van der Waals surface area contributed by atoms with Crippen LogP contribution in [0.1, 0.15) is 40.4 Å². The number of fused-ring (bicyclic) bond motifs is 1. The zero-order chi connectivity index (χ0) is 20.2. The average molecular weight is 420 g/mol. The van der Waals surface area contributed by atoms with Crippen LogP contribution in [0.4, 0.5) is 4.39 Å². The maximum Gasteiger partial charge on any atom is 0.131 e. The van der Waals surface area contributed by atoms with Crippen LogP contribution in [0, 0.1) is 5.82 Å². The highest BCUT2D eigenvalue weighted by atomic mass is 32.1. The van der Waals surface area contributed by atoms with Crippen molar-refractivity contribution in [1.29, 1.82) is 0 Å². The van der Waals surface area contributed by atoms with E-state index in [2.05, 4.69) is 9.80 Å². The van der Waals surface area contributed by atoms with Crippen LogP contribution in [0.15, 0.2) is 18.2 Å². The van der Waals surface area contributed by atoms with Crippen LogP contribution in [-0.2, 0) is 25.9 Å². The molecular weight excluding hydrogens is 389 g/mol.